The lowest BCUT2D eigenvalue weighted by Crippen LogP contribution is -2.44. The summed E-state index contributed by atoms with van der Waals surface area (Å²) in [5.74, 6) is -0.444. The van der Waals surface area contributed by atoms with Crippen LogP contribution in [0.25, 0.3) is 0 Å². The van der Waals surface area contributed by atoms with Crippen LogP contribution in [0, 0.1) is 0 Å². The van der Waals surface area contributed by atoms with E-state index in [2.05, 4.69) is 33.9 Å². The van der Waals surface area contributed by atoms with E-state index in [9.17, 15) is 9.59 Å². The number of hydrogen-bond donors (Lipinski definition) is 0. The van der Waals surface area contributed by atoms with Gasteiger partial charge in [-0.05, 0) is 29.7 Å². The van der Waals surface area contributed by atoms with E-state index >= 15 is 0 Å². The highest BCUT2D eigenvalue weighted by molar-refractivity contribution is 6.74. The Labute approximate surface area is 126 Å². The number of methoxy groups -OCH3 is 1. The molecule has 0 saturated carbocycles. The number of carbonyl (C=O) groups excluding carboxylic acids is 2. The van der Waals surface area contributed by atoms with Crippen molar-refractivity contribution in [3.8, 4) is 0 Å². The van der Waals surface area contributed by atoms with Gasteiger partial charge in [0.2, 0.25) is 0 Å². The van der Waals surface area contributed by atoms with Gasteiger partial charge in [0.15, 0.2) is 8.32 Å². The molecule has 0 aromatic carbocycles. The van der Waals surface area contributed by atoms with Crippen molar-refractivity contribution in [1.29, 1.82) is 0 Å². The topological polar surface area (TPSA) is 55.8 Å². The molecule has 0 N–H and O–H groups in total. The van der Waals surface area contributed by atoms with Crippen LogP contribution in [0.1, 0.15) is 27.2 Å². The number of ether oxygens (including phenoxy) is 1. The summed E-state index contributed by atoms with van der Waals surface area (Å²) in [6, 6.07) is -0.639. The second-order valence-electron chi connectivity index (χ2n) is 6.68. The molecule has 0 aliphatic carbocycles. The van der Waals surface area contributed by atoms with Gasteiger partial charge in [-0.2, -0.15) is 0 Å². The SMILES string of the molecule is COC(=O)[C@@H]1C[C@@H](O[Si](C)(C)C(C)(C)C)CN1C(=O)Cl. The summed E-state index contributed by atoms with van der Waals surface area (Å²) in [5, 5.41) is -0.562. The summed E-state index contributed by atoms with van der Waals surface area (Å²) in [5.41, 5.74) is 0. The van der Waals surface area contributed by atoms with E-state index in [1.54, 1.807) is 0 Å². The van der Waals surface area contributed by atoms with Crippen molar-refractivity contribution in [2.75, 3.05) is 13.7 Å². The van der Waals surface area contributed by atoms with Crippen LogP contribution in [0.15, 0.2) is 0 Å². The zero-order chi connectivity index (χ0) is 15.7. The van der Waals surface area contributed by atoms with Crippen molar-refractivity contribution in [2.45, 2.75) is 57.5 Å². The summed E-state index contributed by atoms with van der Waals surface area (Å²) < 4.78 is 11.0. The summed E-state index contributed by atoms with van der Waals surface area (Å²) in [4.78, 5) is 24.5. The van der Waals surface area contributed by atoms with Crippen molar-refractivity contribution in [1.82, 2.24) is 4.90 Å². The normalized spacial score (nSPS) is 23.9. The predicted octanol–water partition coefficient (Wildman–Crippen LogP) is 2.98. The average molecular weight is 322 g/mol. The van der Waals surface area contributed by atoms with Crippen molar-refractivity contribution in [3.63, 3.8) is 0 Å². The van der Waals surface area contributed by atoms with Gasteiger partial charge in [-0.25, -0.2) is 4.79 Å². The number of halogens is 1. The number of nitrogens with zero attached hydrogens (tertiary/aromatic N) is 1. The van der Waals surface area contributed by atoms with Gasteiger partial charge in [-0.1, -0.05) is 20.8 Å². The molecule has 116 valence electrons. The van der Waals surface area contributed by atoms with E-state index in [-0.39, 0.29) is 11.1 Å². The minimum atomic E-state index is -1.94. The van der Waals surface area contributed by atoms with Crippen molar-refractivity contribution < 1.29 is 18.8 Å². The van der Waals surface area contributed by atoms with Crippen LogP contribution < -0.4 is 0 Å². The van der Waals surface area contributed by atoms with Gasteiger partial charge in [0.1, 0.15) is 6.04 Å². The molecule has 0 bridgehead atoms. The molecule has 1 amide bonds. The van der Waals surface area contributed by atoms with Crippen LogP contribution in [0.3, 0.4) is 0 Å². The Morgan fingerprint density at radius 3 is 2.25 bits per heavy atom. The Bertz CT molecular complexity index is 394. The van der Waals surface area contributed by atoms with Crippen LogP contribution in [-0.4, -0.2) is 50.4 Å². The first-order chi connectivity index (χ1) is 8.99. The van der Waals surface area contributed by atoms with Crippen LogP contribution in [0.4, 0.5) is 4.79 Å². The summed E-state index contributed by atoms with van der Waals surface area (Å²) in [7, 11) is -0.635. The van der Waals surface area contributed by atoms with Gasteiger partial charge >= 0.3 is 11.3 Å². The van der Waals surface area contributed by atoms with Crippen LogP contribution in [-0.2, 0) is 14.0 Å². The van der Waals surface area contributed by atoms with Crippen LogP contribution in [0.2, 0.25) is 18.1 Å². The molecule has 0 aromatic rings. The largest absolute Gasteiger partial charge is 0.467 e. The van der Waals surface area contributed by atoms with Gasteiger partial charge in [-0.3, -0.25) is 4.79 Å². The molecule has 1 heterocycles. The lowest BCUT2D eigenvalue weighted by atomic mass is 10.2. The fourth-order valence-electron chi connectivity index (χ4n) is 2.03. The standard InChI is InChI=1S/C13H24ClNO4Si/c1-13(2,3)20(5,6)19-9-7-10(11(16)18-4)15(8-9)12(14)17/h9-10H,7-8H2,1-6H3/t9-,10+/m1/s1. The van der Waals surface area contributed by atoms with E-state index in [1.165, 1.54) is 12.0 Å². The molecule has 0 unspecified atom stereocenters. The molecule has 7 heteroatoms. The lowest BCUT2D eigenvalue weighted by Gasteiger charge is -2.38. The molecule has 0 radical (unpaired) electrons. The van der Waals surface area contributed by atoms with Gasteiger partial charge in [0, 0.05) is 13.0 Å². The minimum absolute atomic E-state index is 0.0756. The zero-order valence-corrected chi connectivity index (χ0v) is 14.8. The molecule has 1 fully saturated rings. The molecule has 0 aromatic heterocycles. The first-order valence-electron chi connectivity index (χ1n) is 6.71. The summed E-state index contributed by atoms with van der Waals surface area (Å²) in [6.07, 6.45) is 0.278. The molecular formula is C13H24ClNO4Si. The highest BCUT2D eigenvalue weighted by Crippen LogP contribution is 2.39. The highest BCUT2D eigenvalue weighted by Gasteiger charge is 2.45. The lowest BCUT2D eigenvalue weighted by molar-refractivity contribution is -0.144. The fourth-order valence-corrected chi connectivity index (χ4v) is 3.57. The molecule has 20 heavy (non-hydrogen) atoms. The van der Waals surface area contributed by atoms with E-state index < -0.39 is 25.7 Å². The first kappa shape index (κ1) is 17.5. The van der Waals surface area contributed by atoms with Crippen molar-refractivity contribution in [2.24, 2.45) is 0 Å². The summed E-state index contributed by atoms with van der Waals surface area (Å²) in [6.45, 7) is 11.1. The third-order valence-electron chi connectivity index (χ3n) is 4.23. The van der Waals surface area contributed by atoms with Gasteiger partial charge in [-0.15, -0.1) is 0 Å². The quantitative estimate of drug-likeness (QED) is 0.347. The minimum Gasteiger partial charge on any atom is -0.467 e. The van der Waals surface area contributed by atoms with Crippen molar-refractivity contribution in [3.05, 3.63) is 0 Å². The molecule has 2 atom stereocenters. The van der Waals surface area contributed by atoms with Gasteiger partial charge in [0.05, 0.1) is 13.2 Å². The van der Waals surface area contributed by atoms with Gasteiger partial charge in [0.25, 0.3) is 0 Å². The Hall–Kier alpha value is -0.593. The Morgan fingerprint density at radius 2 is 1.85 bits per heavy atom. The molecular weight excluding hydrogens is 298 g/mol. The third-order valence-corrected chi connectivity index (χ3v) is 8.98. The van der Waals surface area contributed by atoms with Crippen LogP contribution in [0.5, 0.6) is 0 Å². The molecule has 1 rings (SSSR count). The van der Waals surface area contributed by atoms with Gasteiger partial charge < -0.3 is 14.1 Å². The number of amides is 1. The molecule has 1 aliphatic rings. The predicted molar refractivity (Wildman–Crippen MR) is 80.4 cm³/mol. The number of hydrogen-bond acceptors (Lipinski definition) is 4. The Morgan fingerprint density at radius 1 is 1.30 bits per heavy atom. The first-order valence-corrected chi connectivity index (χ1v) is 10.00. The summed E-state index contributed by atoms with van der Waals surface area (Å²) >= 11 is 5.54. The maximum absolute atomic E-state index is 11.7. The number of esters is 1. The Kier molecular flexibility index (Phi) is 5.27. The number of carbonyl (C=O) groups is 2. The maximum atomic E-state index is 11.7. The Balaban J connectivity index is 2.81. The fraction of sp³-hybridized carbons (Fsp3) is 0.846. The number of likely N-dealkylation sites (tertiary alicyclic amines) is 1. The monoisotopic (exact) mass is 321 g/mol. The highest BCUT2D eigenvalue weighted by atomic mass is 35.5. The van der Waals surface area contributed by atoms with E-state index in [4.69, 9.17) is 20.8 Å². The van der Waals surface area contributed by atoms with Crippen molar-refractivity contribution >= 4 is 31.3 Å². The van der Waals surface area contributed by atoms with E-state index in [1.807, 2.05) is 0 Å². The second kappa shape index (κ2) is 6.03. The maximum Gasteiger partial charge on any atom is 0.328 e. The second-order valence-corrected chi connectivity index (χ2v) is 11.8. The molecule has 1 saturated heterocycles. The molecule has 1 aliphatic heterocycles. The number of rotatable bonds is 3. The zero-order valence-electron chi connectivity index (χ0n) is 13.0. The average Bonchev–Trinajstić information content (AvgIpc) is 2.69. The van der Waals surface area contributed by atoms with E-state index in [0.717, 1.165) is 0 Å². The molecule has 5 nitrogen and oxygen atoms in total. The van der Waals surface area contributed by atoms with E-state index in [0.29, 0.717) is 13.0 Å². The smallest absolute Gasteiger partial charge is 0.328 e. The van der Waals surface area contributed by atoms with Crippen LogP contribution >= 0.6 is 11.6 Å². The molecule has 0 spiro atoms. The third kappa shape index (κ3) is 3.74.